The van der Waals surface area contributed by atoms with Crippen LogP contribution in [0.3, 0.4) is 0 Å². The van der Waals surface area contributed by atoms with Gasteiger partial charge in [0.15, 0.2) is 5.65 Å². The van der Waals surface area contributed by atoms with Crippen molar-refractivity contribution in [1.29, 1.82) is 0 Å². The second-order valence-corrected chi connectivity index (χ2v) is 7.55. The molecule has 5 rings (SSSR count). The predicted octanol–water partition coefficient (Wildman–Crippen LogP) is 7.06. The van der Waals surface area contributed by atoms with Crippen LogP contribution in [0.15, 0.2) is 91.0 Å². The lowest BCUT2D eigenvalue weighted by molar-refractivity contribution is 0.901. The van der Waals surface area contributed by atoms with Crippen molar-refractivity contribution in [2.45, 2.75) is 0 Å². The molecule has 2 heterocycles. The highest BCUT2D eigenvalue weighted by Gasteiger charge is 2.16. The Balaban J connectivity index is 1.75. The second kappa shape index (κ2) is 7.36. The van der Waals surface area contributed by atoms with Crippen molar-refractivity contribution in [3.63, 3.8) is 0 Å². The molecule has 0 N–H and O–H groups in total. The summed E-state index contributed by atoms with van der Waals surface area (Å²) >= 11 is 12.1. The molecule has 140 valence electrons. The fourth-order valence-electron chi connectivity index (χ4n) is 3.35. The number of hydrogen-bond donors (Lipinski definition) is 0. The molecule has 29 heavy (non-hydrogen) atoms. The summed E-state index contributed by atoms with van der Waals surface area (Å²) in [6, 6.07) is 29.5. The minimum atomic E-state index is 0.698. The smallest absolute Gasteiger partial charge is 0.164 e. The lowest BCUT2D eigenvalue weighted by Gasteiger charge is -2.05. The van der Waals surface area contributed by atoms with Crippen LogP contribution in [0.25, 0.3) is 39.2 Å². The van der Waals surface area contributed by atoms with E-state index in [2.05, 4.69) is 6.07 Å². The fraction of sp³-hybridized carbons (Fsp3) is 0. The Morgan fingerprint density at radius 2 is 1.24 bits per heavy atom. The number of benzene rings is 3. The minimum absolute atomic E-state index is 0.698. The summed E-state index contributed by atoms with van der Waals surface area (Å²) in [6.45, 7) is 0. The largest absolute Gasteiger partial charge is 0.228 e. The van der Waals surface area contributed by atoms with Crippen LogP contribution < -0.4 is 0 Å². The molecule has 0 bridgehead atoms. The van der Waals surface area contributed by atoms with E-state index >= 15 is 0 Å². The summed E-state index contributed by atoms with van der Waals surface area (Å²) in [5.41, 5.74) is 5.50. The summed E-state index contributed by atoms with van der Waals surface area (Å²) in [7, 11) is 0. The third kappa shape index (κ3) is 3.39. The first-order valence-electron chi connectivity index (χ1n) is 9.16. The van der Waals surface area contributed by atoms with Crippen molar-refractivity contribution >= 4 is 34.2 Å². The zero-order valence-electron chi connectivity index (χ0n) is 15.3. The third-order valence-corrected chi connectivity index (χ3v) is 5.29. The van der Waals surface area contributed by atoms with Crippen LogP contribution in [-0.4, -0.2) is 14.8 Å². The molecule has 5 heteroatoms. The highest BCUT2D eigenvalue weighted by Crippen LogP contribution is 2.31. The van der Waals surface area contributed by atoms with Crippen molar-refractivity contribution in [1.82, 2.24) is 14.8 Å². The lowest BCUT2D eigenvalue weighted by atomic mass is 10.1. The first-order valence-corrected chi connectivity index (χ1v) is 9.92. The Bertz CT molecular complexity index is 1290. The number of pyridine rings is 1. The van der Waals surface area contributed by atoms with Crippen LogP contribution in [0.1, 0.15) is 0 Å². The normalized spacial score (nSPS) is 11.1. The van der Waals surface area contributed by atoms with E-state index in [0.717, 1.165) is 39.2 Å². The molecule has 0 aliphatic rings. The first kappa shape index (κ1) is 17.9. The number of hydrogen-bond acceptors (Lipinski definition) is 2. The molecule has 2 aromatic heterocycles. The molecule has 0 atom stereocenters. The van der Waals surface area contributed by atoms with Crippen molar-refractivity contribution in [3.05, 3.63) is 101 Å². The zero-order chi connectivity index (χ0) is 19.8. The van der Waals surface area contributed by atoms with Crippen LogP contribution in [0.4, 0.5) is 0 Å². The van der Waals surface area contributed by atoms with Gasteiger partial charge in [0.05, 0.1) is 11.4 Å². The van der Waals surface area contributed by atoms with Gasteiger partial charge in [-0.15, -0.1) is 0 Å². The van der Waals surface area contributed by atoms with Gasteiger partial charge in [0.1, 0.15) is 5.69 Å². The monoisotopic (exact) mass is 415 g/mol. The molecule has 0 radical (unpaired) electrons. The number of halogens is 2. The number of para-hydroxylation sites is 1. The average molecular weight is 416 g/mol. The van der Waals surface area contributed by atoms with Gasteiger partial charge >= 0.3 is 0 Å². The highest BCUT2D eigenvalue weighted by atomic mass is 35.5. The van der Waals surface area contributed by atoms with Crippen LogP contribution in [0.5, 0.6) is 0 Å². The molecular weight excluding hydrogens is 401 g/mol. The molecule has 3 aromatic carbocycles. The minimum Gasteiger partial charge on any atom is -0.228 e. The molecule has 0 aliphatic heterocycles. The number of fused-ring (bicyclic) bond motifs is 1. The van der Waals surface area contributed by atoms with Crippen LogP contribution in [-0.2, 0) is 0 Å². The van der Waals surface area contributed by atoms with Crippen LogP contribution in [0.2, 0.25) is 10.0 Å². The summed E-state index contributed by atoms with van der Waals surface area (Å²) in [5, 5.41) is 7.28. The maximum Gasteiger partial charge on any atom is 0.164 e. The van der Waals surface area contributed by atoms with Gasteiger partial charge in [-0.3, -0.25) is 0 Å². The summed E-state index contributed by atoms with van der Waals surface area (Å²) < 4.78 is 1.89. The Morgan fingerprint density at radius 1 is 0.621 bits per heavy atom. The molecular formula is C24H15Cl2N3. The molecule has 0 unspecified atom stereocenters. The van der Waals surface area contributed by atoms with Crippen LogP contribution in [0, 0.1) is 0 Å². The van der Waals surface area contributed by atoms with Gasteiger partial charge in [0, 0.05) is 26.6 Å². The van der Waals surface area contributed by atoms with E-state index in [1.165, 1.54) is 0 Å². The molecule has 5 aromatic rings. The molecule has 0 saturated carbocycles. The standard InChI is InChI=1S/C24H15Cl2N3/c25-18-10-6-16(7-11-18)22-15-14-21-23(17-8-12-19(26)13-9-17)28-29(24(21)27-22)20-4-2-1-3-5-20/h1-15H. The van der Waals surface area contributed by atoms with Gasteiger partial charge in [0.25, 0.3) is 0 Å². The Kier molecular flexibility index (Phi) is 4.55. The Labute approximate surface area is 178 Å². The lowest BCUT2D eigenvalue weighted by Crippen LogP contribution is -1.98. The van der Waals surface area contributed by atoms with E-state index in [-0.39, 0.29) is 0 Å². The van der Waals surface area contributed by atoms with E-state index in [0.29, 0.717) is 10.0 Å². The SMILES string of the molecule is Clc1ccc(-c2ccc3c(-c4ccc(Cl)cc4)nn(-c4ccccc4)c3n2)cc1. The maximum absolute atomic E-state index is 6.07. The first-order chi connectivity index (χ1) is 14.2. The number of rotatable bonds is 3. The average Bonchev–Trinajstić information content (AvgIpc) is 3.14. The predicted molar refractivity (Wildman–Crippen MR) is 120 cm³/mol. The molecule has 0 saturated heterocycles. The zero-order valence-corrected chi connectivity index (χ0v) is 16.8. The van der Waals surface area contributed by atoms with Gasteiger partial charge < -0.3 is 0 Å². The van der Waals surface area contributed by atoms with Gasteiger partial charge in [-0.1, -0.05) is 65.7 Å². The quantitative estimate of drug-likeness (QED) is 0.315. The highest BCUT2D eigenvalue weighted by molar-refractivity contribution is 6.31. The van der Waals surface area contributed by atoms with Gasteiger partial charge in [-0.2, -0.15) is 5.10 Å². The van der Waals surface area contributed by atoms with Crippen LogP contribution >= 0.6 is 23.2 Å². The van der Waals surface area contributed by atoms with Crippen molar-refractivity contribution in [2.75, 3.05) is 0 Å². The molecule has 3 nitrogen and oxygen atoms in total. The summed E-state index contributed by atoms with van der Waals surface area (Å²) in [5.74, 6) is 0. The molecule has 0 spiro atoms. The van der Waals surface area contributed by atoms with E-state index < -0.39 is 0 Å². The van der Waals surface area contributed by atoms with Crippen molar-refractivity contribution < 1.29 is 0 Å². The van der Waals surface area contributed by atoms with Crippen molar-refractivity contribution in [3.8, 4) is 28.2 Å². The van der Waals surface area contributed by atoms with Gasteiger partial charge in [0.2, 0.25) is 0 Å². The van der Waals surface area contributed by atoms with Gasteiger partial charge in [-0.05, 0) is 48.5 Å². The van der Waals surface area contributed by atoms with E-state index in [9.17, 15) is 0 Å². The van der Waals surface area contributed by atoms with Gasteiger partial charge in [-0.25, -0.2) is 9.67 Å². The Morgan fingerprint density at radius 3 is 1.90 bits per heavy atom. The number of nitrogens with zero attached hydrogens (tertiary/aromatic N) is 3. The molecule has 0 amide bonds. The third-order valence-electron chi connectivity index (χ3n) is 4.79. The second-order valence-electron chi connectivity index (χ2n) is 6.68. The summed E-state index contributed by atoms with van der Waals surface area (Å²) in [6.07, 6.45) is 0. The topological polar surface area (TPSA) is 30.7 Å². The van der Waals surface area contributed by atoms with E-state index in [1.807, 2.05) is 89.6 Å². The summed E-state index contributed by atoms with van der Waals surface area (Å²) in [4.78, 5) is 4.95. The molecule has 0 aliphatic carbocycles. The fourth-order valence-corrected chi connectivity index (χ4v) is 3.60. The van der Waals surface area contributed by atoms with E-state index in [4.69, 9.17) is 33.3 Å². The van der Waals surface area contributed by atoms with E-state index in [1.54, 1.807) is 0 Å². The van der Waals surface area contributed by atoms with Crippen molar-refractivity contribution in [2.24, 2.45) is 0 Å². The number of aromatic nitrogens is 3. The Hall–Kier alpha value is -3.14. The maximum atomic E-state index is 6.07. The molecule has 0 fully saturated rings.